The third-order valence-electron chi connectivity index (χ3n) is 4.47. The molecule has 3 heteroatoms. The maximum absolute atomic E-state index is 11.2. The van der Waals surface area contributed by atoms with Crippen molar-refractivity contribution in [3.63, 3.8) is 0 Å². The number of likely N-dealkylation sites (tertiary alicyclic amines) is 1. The molecule has 2 aliphatic carbocycles. The molecule has 3 rings (SSSR count). The Labute approximate surface area is 90.5 Å². The predicted molar refractivity (Wildman–Crippen MR) is 56.6 cm³/mol. The number of carboxylic acid groups (broad SMARTS) is 1. The Morgan fingerprint density at radius 2 is 1.73 bits per heavy atom. The van der Waals surface area contributed by atoms with Crippen molar-refractivity contribution in [2.24, 2.45) is 17.8 Å². The van der Waals surface area contributed by atoms with Crippen LogP contribution >= 0.6 is 0 Å². The Kier molecular flexibility index (Phi) is 2.23. The molecule has 3 nitrogen and oxygen atoms in total. The zero-order valence-corrected chi connectivity index (χ0v) is 9.06. The van der Waals surface area contributed by atoms with Crippen molar-refractivity contribution >= 4 is 5.97 Å². The first kappa shape index (κ1) is 9.64. The summed E-state index contributed by atoms with van der Waals surface area (Å²) in [6.45, 7) is 2.11. The van der Waals surface area contributed by atoms with E-state index in [0.717, 1.165) is 37.8 Å². The molecule has 0 bridgehead atoms. The quantitative estimate of drug-likeness (QED) is 0.767. The molecule has 1 heterocycles. The highest BCUT2D eigenvalue weighted by molar-refractivity contribution is 5.74. The number of rotatable bonds is 3. The van der Waals surface area contributed by atoms with E-state index in [1.165, 1.54) is 19.3 Å². The number of hydrogen-bond donors (Lipinski definition) is 1. The number of fused-ring (bicyclic) bond motifs is 1. The average Bonchev–Trinajstić information content (AvgIpc) is 2.72. The third-order valence-corrected chi connectivity index (χ3v) is 4.47. The van der Waals surface area contributed by atoms with E-state index < -0.39 is 5.97 Å². The van der Waals surface area contributed by atoms with E-state index in [1.807, 2.05) is 0 Å². The molecule has 2 saturated carbocycles. The van der Waals surface area contributed by atoms with Crippen LogP contribution in [0.5, 0.6) is 0 Å². The highest BCUT2D eigenvalue weighted by Crippen LogP contribution is 2.42. The van der Waals surface area contributed by atoms with Crippen molar-refractivity contribution in [3.8, 4) is 0 Å². The van der Waals surface area contributed by atoms with Gasteiger partial charge in [0.2, 0.25) is 0 Å². The summed E-state index contributed by atoms with van der Waals surface area (Å²) in [4.78, 5) is 13.5. The highest BCUT2D eigenvalue weighted by atomic mass is 16.4. The second-order valence-corrected chi connectivity index (χ2v) is 5.53. The number of carboxylic acids is 1. The number of aliphatic carboxylic acids is 1. The van der Waals surface area contributed by atoms with E-state index in [4.69, 9.17) is 0 Å². The zero-order chi connectivity index (χ0) is 10.4. The van der Waals surface area contributed by atoms with Gasteiger partial charge in [-0.3, -0.25) is 9.69 Å². The summed E-state index contributed by atoms with van der Waals surface area (Å²) in [5.41, 5.74) is 0. The smallest absolute Gasteiger partial charge is 0.321 e. The Morgan fingerprint density at radius 1 is 1.13 bits per heavy atom. The molecule has 1 saturated heterocycles. The topological polar surface area (TPSA) is 40.5 Å². The lowest BCUT2D eigenvalue weighted by Gasteiger charge is -2.24. The number of carbonyl (C=O) groups is 1. The van der Waals surface area contributed by atoms with Gasteiger partial charge in [0.15, 0.2) is 0 Å². The fourth-order valence-corrected chi connectivity index (χ4v) is 3.57. The van der Waals surface area contributed by atoms with Gasteiger partial charge < -0.3 is 5.11 Å². The lowest BCUT2D eigenvalue weighted by atomic mass is 10.0. The van der Waals surface area contributed by atoms with Gasteiger partial charge in [-0.25, -0.2) is 0 Å². The van der Waals surface area contributed by atoms with E-state index in [2.05, 4.69) is 4.90 Å². The van der Waals surface area contributed by atoms with Crippen molar-refractivity contribution in [2.45, 2.75) is 38.1 Å². The molecule has 0 amide bonds. The van der Waals surface area contributed by atoms with Crippen LogP contribution in [0.15, 0.2) is 0 Å². The van der Waals surface area contributed by atoms with Crippen molar-refractivity contribution in [1.29, 1.82) is 0 Å². The van der Waals surface area contributed by atoms with E-state index >= 15 is 0 Å². The summed E-state index contributed by atoms with van der Waals surface area (Å²) in [5.74, 6) is 1.50. The Balaban J connectivity index is 1.69. The summed E-state index contributed by atoms with van der Waals surface area (Å²) >= 11 is 0. The molecule has 0 aromatic heterocycles. The van der Waals surface area contributed by atoms with Gasteiger partial charge >= 0.3 is 5.97 Å². The predicted octanol–water partition coefficient (Wildman–Crippen LogP) is 1.58. The molecule has 15 heavy (non-hydrogen) atoms. The maximum Gasteiger partial charge on any atom is 0.321 e. The number of hydrogen-bond acceptors (Lipinski definition) is 2. The monoisotopic (exact) mass is 209 g/mol. The molecular weight excluding hydrogens is 190 g/mol. The lowest BCUT2D eigenvalue weighted by Crippen LogP contribution is -2.41. The summed E-state index contributed by atoms with van der Waals surface area (Å²) in [6, 6.07) is -0.157. The molecule has 84 valence electrons. The highest BCUT2D eigenvalue weighted by Gasteiger charge is 2.46. The van der Waals surface area contributed by atoms with E-state index in [-0.39, 0.29) is 6.04 Å². The molecule has 0 aromatic rings. The van der Waals surface area contributed by atoms with Crippen LogP contribution in [0.3, 0.4) is 0 Å². The molecule has 0 spiro atoms. The van der Waals surface area contributed by atoms with Crippen LogP contribution < -0.4 is 0 Å². The molecule has 3 aliphatic rings. The third kappa shape index (κ3) is 1.67. The Bertz CT molecular complexity index is 263. The minimum atomic E-state index is -0.586. The number of nitrogens with zero attached hydrogens (tertiary/aromatic N) is 1. The van der Waals surface area contributed by atoms with Gasteiger partial charge in [-0.2, -0.15) is 0 Å². The molecule has 0 aromatic carbocycles. The first-order valence-electron chi connectivity index (χ1n) is 6.22. The van der Waals surface area contributed by atoms with Crippen molar-refractivity contribution in [1.82, 2.24) is 4.90 Å². The molecule has 3 unspecified atom stereocenters. The summed E-state index contributed by atoms with van der Waals surface area (Å²) in [7, 11) is 0. The minimum absolute atomic E-state index is 0.157. The SMILES string of the molecule is O=C(O)C(C1CC1)N1CC2CCCC2C1. The molecule has 3 fully saturated rings. The van der Waals surface area contributed by atoms with Crippen LogP contribution in [-0.2, 0) is 4.79 Å². The van der Waals surface area contributed by atoms with E-state index in [1.54, 1.807) is 0 Å². The normalized spacial score (nSPS) is 37.9. The maximum atomic E-state index is 11.2. The summed E-state index contributed by atoms with van der Waals surface area (Å²) < 4.78 is 0. The Morgan fingerprint density at radius 3 is 2.20 bits per heavy atom. The van der Waals surface area contributed by atoms with Crippen molar-refractivity contribution < 1.29 is 9.90 Å². The van der Waals surface area contributed by atoms with Gasteiger partial charge in [-0.15, -0.1) is 0 Å². The first-order chi connectivity index (χ1) is 7.25. The lowest BCUT2D eigenvalue weighted by molar-refractivity contribution is -0.143. The van der Waals surface area contributed by atoms with Gasteiger partial charge in [-0.1, -0.05) is 6.42 Å². The molecular formula is C12H19NO2. The first-order valence-corrected chi connectivity index (χ1v) is 6.22. The fourth-order valence-electron chi connectivity index (χ4n) is 3.57. The van der Waals surface area contributed by atoms with Crippen LogP contribution in [-0.4, -0.2) is 35.1 Å². The Hall–Kier alpha value is -0.570. The van der Waals surface area contributed by atoms with Gasteiger partial charge in [0.05, 0.1) is 0 Å². The van der Waals surface area contributed by atoms with Gasteiger partial charge in [-0.05, 0) is 43.4 Å². The van der Waals surface area contributed by atoms with Crippen LogP contribution in [0.2, 0.25) is 0 Å². The average molecular weight is 209 g/mol. The standard InChI is InChI=1S/C12H19NO2/c14-12(15)11(8-4-5-8)13-6-9-2-1-3-10(9)7-13/h8-11H,1-7H2,(H,14,15). The van der Waals surface area contributed by atoms with Crippen LogP contribution in [0, 0.1) is 17.8 Å². The van der Waals surface area contributed by atoms with Crippen LogP contribution in [0.1, 0.15) is 32.1 Å². The molecule has 3 atom stereocenters. The molecule has 1 N–H and O–H groups in total. The van der Waals surface area contributed by atoms with Gasteiger partial charge in [0, 0.05) is 13.1 Å². The second kappa shape index (κ2) is 3.48. The van der Waals surface area contributed by atoms with E-state index in [9.17, 15) is 9.90 Å². The van der Waals surface area contributed by atoms with Crippen LogP contribution in [0.25, 0.3) is 0 Å². The molecule has 0 radical (unpaired) electrons. The summed E-state index contributed by atoms with van der Waals surface area (Å²) in [6.07, 6.45) is 6.28. The van der Waals surface area contributed by atoms with Gasteiger partial charge in [0.25, 0.3) is 0 Å². The van der Waals surface area contributed by atoms with E-state index in [0.29, 0.717) is 5.92 Å². The summed E-state index contributed by atoms with van der Waals surface area (Å²) in [5, 5.41) is 9.27. The van der Waals surface area contributed by atoms with Gasteiger partial charge in [0.1, 0.15) is 6.04 Å². The fraction of sp³-hybridized carbons (Fsp3) is 0.917. The van der Waals surface area contributed by atoms with Crippen molar-refractivity contribution in [3.05, 3.63) is 0 Å². The van der Waals surface area contributed by atoms with Crippen molar-refractivity contribution in [2.75, 3.05) is 13.1 Å². The minimum Gasteiger partial charge on any atom is -0.480 e. The molecule has 1 aliphatic heterocycles. The largest absolute Gasteiger partial charge is 0.480 e. The van der Waals surface area contributed by atoms with Crippen LogP contribution in [0.4, 0.5) is 0 Å². The zero-order valence-electron chi connectivity index (χ0n) is 9.06. The second-order valence-electron chi connectivity index (χ2n) is 5.53.